The van der Waals surface area contributed by atoms with Crippen LogP contribution in [0.1, 0.15) is 41.7 Å². The molecule has 0 aliphatic rings. The Balaban J connectivity index is 2.18. The number of H-pyrrole nitrogens is 1. The first-order valence-corrected chi connectivity index (χ1v) is 6.45. The Kier molecular flexibility index (Phi) is 4.24. The molecule has 0 unspecified atom stereocenters. The molecule has 2 N–H and O–H groups in total. The summed E-state index contributed by atoms with van der Waals surface area (Å²) in [4.78, 5) is 27.5. The van der Waals surface area contributed by atoms with E-state index in [0.29, 0.717) is 11.5 Å². The van der Waals surface area contributed by atoms with Gasteiger partial charge in [0.15, 0.2) is 5.82 Å². The first-order valence-electron chi connectivity index (χ1n) is 6.45. The minimum absolute atomic E-state index is 0.288. The highest BCUT2D eigenvalue weighted by molar-refractivity contribution is 6.01. The number of nitrogens with zero attached hydrogens (tertiary/aromatic N) is 3. The van der Waals surface area contributed by atoms with Crippen molar-refractivity contribution < 1.29 is 4.79 Å². The predicted octanol–water partition coefficient (Wildman–Crippen LogP) is 2.36. The molecule has 6 nitrogen and oxygen atoms in total. The summed E-state index contributed by atoms with van der Waals surface area (Å²) in [5.74, 6) is 0.642. The van der Waals surface area contributed by atoms with Gasteiger partial charge in [-0.2, -0.15) is 0 Å². The average Bonchev–Trinajstić information content (AvgIpc) is 2.85. The third-order valence-corrected chi connectivity index (χ3v) is 2.74. The summed E-state index contributed by atoms with van der Waals surface area (Å²) in [7, 11) is 0. The zero-order valence-electron chi connectivity index (χ0n) is 11.8. The van der Waals surface area contributed by atoms with Gasteiger partial charge in [-0.25, -0.2) is 15.0 Å². The topological polar surface area (TPSA) is 83.6 Å². The highest BCUT2D eigenvalue weighted by atomic mass is 16.2. The van der Waals surface area contributed by atoms with Crippen LogP contribution in [0.5, 0.6) is 0 Å². The molecular weight excluding hydrogens is 254 g/mol. The Hall–Kier alpha value is -2.50. The Morgan fingerprint density at radius 3 is 2.70 bits per heavy atom. The zero-order chi connectivity index (χ0) is 14.5. The molecular formula is C14H17N5O. The summed E-state index contributed by atoms with van der Waals surface area (Å²) < 4.78 is 0. The van der Waals surface area contributed by atoms with E-state index in [1.807, 2.05) is 26.0 Å². The zero-order valence-corrected chi connectivity index (χ0v) is 11.8. The van der Waals surface area contributed by atoms with Gasteiger partial charge in [0, 0.05) is 5.69 Å². The summed E-state index contributed by atoms with van der Waals surface area (Å²) in [5.41, 5.74) is 2.27. The second-order valence-electron chi connectivity index (χ2n) is 4.28. The first-order chi connectivity index (χ1) is 9.63. The maximum Gasteiger partial charge on any atom is 0.291 e. The van der Waals surface area contributed by atoms with Gasteiger partial charge < -0.3 is 10.3 Å². The number of rotatable bonds is 4. The van der Waals surface area contributed by atoms with E-state index < -0.39 is 0 Å². The lowest BCUT2D eigenvalue weighted by Crippen LogP contribution is -2.14. The van der Waals surface area contributed by atoms with Crippen molar-refractivity contribution in [2.45, 2.75) is 27.2 Å². The monoisotopic (exact) mass is 271 g/mol. The fourth-order valence-corrected chi connectivity index (χ4v) is 1.74. The van der Waals surface area contributed by atoms with Gasteiger partial charge in [-0.3, -0.25) is 4.79 Å². The minimum Gasteiger partial charge on any atom is -0.337 e. The standard InChI is InChI=1S/C14H17N5O/c1-4-6-12-11(5-2)18-13(19-12)14(20)17-10-7-15-9(3)16-8-10/h4,6-8H,5H2,1-3H3,(H,17,20)(H,18,19)/b6-4-. The third kappa shape index (κ3) is 3.09. The fraction of sp³-hybridized carbons (Fsp3) is 0.286. The number of hydrogen-bond acceptors (Lipinski definition) is 4. The summed E-state index contributed by atoms with van der Waals surface area (Å²) in [6.45, 7) is 5.71. The largest absolute Gasteiger partial charge is 0.337 e. The van der Waals surface area contributed by atoms with E-state index in [1.54, 1.807) is 19.3 Å². The number of carbonyl (C=O) groups excluding carboxylic acids is 1. The fourth-order valence-electron chi connectivity index (χ4n) is 1.74. The molecule has 0 aromatic carbocycles. The van der Waals surface area contributed by atoms with Gasteiger partial charge in [-0.05, 0) is 26.3 Å². The smallest absolute Gasteiger partial charge is 0.291 e. The number of nitrogens with one attached hydrogen (secondary N) is 2. The Bertz CT molecular complexity index is 628. The molecule has 6 heteroatoms. The average molecular weight is 271 g/mol. The Morgan fingerprint density at radius 2 is 2.10 bits per heavy atom. The van der Waals surface area contributed by atoms with Crippen LogP contribution in [-0.2, 0) is 6.42 Å². The summed E-state index contributed by atoms with van der Waals surface area (Å²) in [5, 5.41) is 2.71. The summed E-state index contributed by atoms with van der Waals surface area (Å²) in [6.07, 6.45) is 7.69. The van der Waals surface area contributed by atoms with Gasteiger partial charge in [0.2, 0.25) is 0 Å². The predicted molar refractivity (Wildman–Crippen MR) is 77.4 cm³/mol. The van der Waals surface area contributed by atoms with Crippen molar-refractivity contribution in [3.63, 3.8) is 0 Å². The van der Waals surface area contributed by atoms with Gasteiger partial charge in [-0.15, -0.1) is 0 Å². The molecule has 0 bridgehead atoms. The first kappa shape index (κ1) is 13.9. The van der Waals surface area contributed by atoms with Crippen molar-refractivity contribution in [1.29, 1.82) is 0 Å². The molecule has 0 aliphatic heterocycles. The molecule has 2 rings (SSSR count). The van der Waals surface area contributed by atoms with E-state index in [4.69, 9.17) is 0 Å². The number of aromatic amines is 1. The number of aryl methyl sites for hydroxylation is 2. The van der Waals surface area contributed by atoms with Crippen LogP contribution in [0, 0.1) is 6.92 Å². The van der Waals surface area contributed by atoms with E-state index in [2.05, 4.69) is 25.3 Å². The SMILES string of the molecule is C/C=C\c1nc(C(=O)Nc2cnc(C)nc2)[nH]c1CC. The van der Waals surface area contributed by atoms with Gasteiger partial charge in [0.05, 0.1) is 23.8 Å². The summed E-state index contributed by atoms with van der Waals surface area (Å²) >= 11 is 0. The number of imidazole rings is 1. The number of anilines is 1. The van der Waals surface area contributed by atoms with Crippen molar-refractivity contribution in [1.82, 2.24) is 19.9 Å². The normalized spacial score (nSPS) is 10.9. The van der Waals surface area contributed by atoms with Crippen molar-refractivity contribution in [2.75, 3.05) is 5.32 Å². The molecule has 2 heterocycles. The molecule has 0 fully saturated rings. The maximum atomic E-state index is 12.1. The van der Waals surface area contributed by atoms with Crippen molar-refractivity contribution in [3.8, 4) is 0 Å². The maximum absolute atomic E-state index is 12.1. The van der Waals surface area contributed by atoms with Crippen LogP contribution in [0.4, 0.5) is 5.69 Å². The second kappa shape index (κ2) is 6.10. The van der Waals surface area contributed by atoms with E-state index in [9.17, 15) is 4.79 Å². The minimum atomic E-state index is -0.303. The lowest BCUT2D eigenvalue weighted by Gasteiger charge is -2.01. The Labute approximate surface area is 117 Å². The van der Waals surface area contributed by atoms with Crippen molar-refractivity contribution in [3.05, 3.63) is 41.5 Å². The third-order valence-electron chi connectivity index (χ3n) is 2.74. The number of amides is 1. The molecule has 0 aliphatic carbocycles. The van der Waals surface area contributed by atoms with Crippen LogP contribution >= 0.6 is 0 Å². The van der Waals surface area contributed by atoms with Crippen LogP contribution in [0.15, 0.2) is 18.5 Å². The molecule has 2 aromatic rings. The number of aromatic nitrogens is 4. The van der Waals surface area contributed by atoms with Gasteiger partial charge in [-0.1, -0.05) is 13.0 Å². The van der Waals surface area contributed by atoms with Crippen LogP contribution in [0.25, 0.3) is 6.08 Å². The lowest BCUT2D eigenvalue weighted by atomic mass is 10.2. The van der Waals surface area contributed by atoms with E-state index in [-0.39, 0.29) is 11.7 Å². The van der Waals surface area contributed by atoms with Gasteiger partial charge in [0.25, 0.3) is 5.91 Å². The highest BCUT2D eigenvalue weighted by Crippen LogP contribution is 2.11. The van der Waals surface area contributed by atoms with Crippen LogP contribution in [0.3, 0.4) is 0 Å². The quantitative estimate of drug-likeness (QED) is 0.894. The Morgan fingerprint density at radius 1 is 1.40 bits per heavy atom. The molecule has 0 saturated carbocycles. The van der Waals surface area contributed by atoms with Crippen molar-refractivity contribution >= 4 is 17.7 Å². The van der Waals surface area contributed by atoms with E-state index in [0.717, 1.165) is 17.8 Å². The molecule has 0 saturated heterocycles. The van der Waals surface area contributed by atoms with E-state index in [1.165, 1.54) is 0 Å². The molecule has 2 aromatic heterocycles. The lowest BCUT2D eigenvalue weighted by molar-refractivity contribution is 0.101. The van der Waals surface area contributed by atoms with Crippen molar-refractivity contribution in [2.24, 2.45) is 0 Å². The molecule has 0 radical (unpaired) electrons. The number of hydrogen-bond donors (Lipinski definition) is 2. The number of allylic oxidation sites excluding steroid dienone is 1. The van der Waals surface area contributed by atoms with Crippen LogP contribution in [-0.4, -0.2) is 25.8 Å². The number of carbonyl (C=O) groups is 1. The molecule has 20 heavy (non-hydrogen) atoms. The van der Waals surface area contributed by atoms with Crippen LogP contribution in [0.2, 0.25) is 0 Å². The highest BCUT2D eigenvalue weighted by Gasteiger charge is 2.13. The van der Waals surface area contributed by atoms with E-state index >= 15 is 0 Å². The molecule has 0 spiro atoms. The molecule has 1 amide bonds. The van der Waals surface area contributed by atoms with Crippen LogP contribution < -0.4 is 5.32 Å². The molecule has 104 valence electrons. The second-order valence-corrected chi connectivity index (χ2v) is 4.28. The van der Waals surface area contributed by atoms with Gasteiger partial charge in [0.1, 0.15) is 5.82 Å². The van der Waals surface area contributed by atoms with Gasteiger partial charge >= 0.3 is 0 Å². The summed E-state index contributed by atoms with van der Waals surface area (Å²) in [6, 6.07) is 0. The molecule has 0 atom stereocenters.